The topological polar surface area (TPSA) is 73.6 Å². The fraction of sp³-hybridized carbons (Fsp3) is 0.533. The number of rotatable bonds is 9. The molecule has 1 rings (SSSR count). The van der Waals surface area contributed by atoms with Gasteiger partial charge in [-0.3, -0.25) is 4.79 Å². The van der Waals surface area contributed by atoms with E-state index in [4.69, 9.17) is 15.2 Å². The number of hydrogen-bond donors (Lipinski definition) is 2. The minimum Gasteiger partial charge on any atom is -0.493 e. The number of carbonyl (C=O) groups excluding carboxylic acids is 1. The third kappa shape index (κ3) is 6.35. The molecule has 0 aliphatic rings. The summed E-state index contributed by atoms with van der Waals surface area (Å²) in [6, 6.07) is 3.91. The Morgan fingerprint density at radius 2 is 2.14 bits per heavy atom. The lowest BCUT2D eigenvalue weighted by Gasteiger charge is -2.15. The summed E-state index contributed by atoms with van der Waals surface area (Å²) in [5.74, 6) is 1.44. The molecule has 0 aliphatic carbocycles. The second kappa shape index (κ2) is 8.89. The number of nitrogens with one attached hydrogen (secondary N) is 1. The van der Waals surface area contributed by atoms with Crippen molar-refractivity contribution in [3.05, 3.63) is 22.2 Å². The van der Waals surface area contributed by atoms with E-state index in [1.807, 2.05) is 12.1 Å². The fourth-order valence-electron chi connectivity index (χ4n) is 1.77. The third-order valence-corrected chi connectivity index (χ3v) is 3.35. The predicted molar refractivity (Wildman–Crippen MR) is 86.5 cm³/mol. The second-order valence-corrected chi connectivity index (χ2v) is 6.05. The zero-order valence-corrected chi connectivity index (χ0v) is 14.3. The van der Waals surface area contributed by atoms with Gasteiger partial charge in [-0.25, -0.2) is 0 Å². The maximum atomic E-state index is 10.7. The van der Waals surface area contributed by atoms with Gasteiger partial charge < -0.3 is 20.5 Å². The number of primary amides is 1. The van der Waals surface area contributed by atoms with Crippen molar-refractivity contribution in [2.45, 2.75) is 26.8 Å². The van der Waals surface area contributed by atoms with Gasteiger partial charge >= 0.3 is 0 Å². The Bertz CT molecular complexity index is 478. The van der Waals surface area contributed by atoms with E-state index in [2.05, 4.69) is 35.1 Å². The van der Waals surface area contributed by atoms with Gasteiger partial charge in [0.15, 0.2) is 11.5 Å². The normalized spacial score (nSPS) is 10.7. The molecule has 1 amide bonds. The Labute approximate surface area is 134 Å². The summed E-state index contributed by atoms with van der Waals surface area (Å²) in [6.07, 6.45) is 0.174. The molecule has 5 nitrogen and oxygen atoms in total. The number of ether oxygens (including phenoxy) is 2. The number of benzene rings is 1. The Morgan fingerprint density at radius 1 is 1.43 bits per heavy atom. The van der Waals surface area contributed by atoms with Gasteiger partial charge in [0.25, 0.3) is 0 Å². The molecule has 6 heteroatoms. The molecule has 0 saturated heterocycles. The highest BCUT2D eigenvalue weighted by Gasteiger charge is 2.12. The van der Waals surface area contributed by atoms with Crippen molar-refractivity contribution < 1.29 is 14.3 Å². The molecule has 0 aliphatic heterocycles. The van der Waals surface area contributed by atoms with Crippen LogP contribution in [0.4, 0.5) is 0 Å². The number of amides is 1. The molecule has 21 heavy (non-hydrogen) atoms. The molecule has 3 N–H and O–H groups in total. The zero-order chi connectivity index (χ0) is 15.8. The van der Waals surface area contributed by atoms with Gasteiger partial charge in [-0.15, -0.1) is 0 Å². The third-order valence-electron chi connectivity index (χ3n) is 2.77. The van der Waals surface area contributed by atoms with Crippen LogP contribution in [0.5, 0.6) is 11.5 Å². The Hall–Kier alpha value is -1.27. The van der Waals surface area contributed by atoms with Gasteiger partial charge in [-0.2, -0.15) is 0 Å². The average Bonchev–Trinajstić information content (AvgIpc) is 2.39. The summed E-state index contributed by atoms with van der Waals surface area (Å²) < 4.78 is 11.7. The van der Waals surface area contributed by atoms with Crippen molar-refractivity contribution in [3.8, 4) is 11.5 Å². The van der Waals surface area contributed by atoms with Crippen LogP contribution in [-0.4, -0.2) is 26.2 Å². The highest BCUT2D eigenvalue weighted by atomic mass is 79.9. The van der Waals surface area contributed by atoms with Gasteiger partial charge in [0.1, 0.15) is 0 Å². The summed E-state index contributed by atoms with van der Waals surface area (Å²) >= 11 is 3.48. The molecule has 0 bridgehead atoms. The predicted octanol–water partition coefficient (Wildman–Crippen LogP) is 2.46. The van der Waals surface area contributed by atoms with Gasteiger partial charge in [0, 0.05) is 6.54 Å². The first-order valence-electron chi connectivity index (χ1n) is 6.92. The molecule has 118 valence electrons. The minimum atomic E-state index is -0.389. The maximum Gasteiger partial charge on any atom is 0.220 e. The smallest absolute Gasteiger partial charge is 0.220 e. The Kier molecular flexibility index (Phi) is 7.53. The van der Waals surface area contributed by atoms with E-state index in [1.54, 1.807) is 7.11 Å². The molecular weight excluding hydrogens is 336 g/mol. The minimum absolute atomic E-state index is 0.174. The van der Waals surface area contributed by atoms with E-state index in [0.29, 0.717) is 17.4 Å². The molecule has 0 unspecified atom stereocenters. The lowest BCUT2D eigenvalue weighted by Crippen LogP contribution is -2.19. The first-order chi connectivity index (χ1) is 9.93. The zero-order valence-electron chi connectivity index (χ0n) is 12.7. The van der Waals surface area contributed by atoms with Crippen molar-refractivity contribution in [2.24, 2.45) is 11.7 Å². The van der Waals surface area contributed by atoms with E-state index in [9.17, 15) is 4.79 Å². The van der Waals surface area contributed by atoms with Crippen molar-refractivity contribution in [1.29, 1.82) is 0 Å². The Balaban J connectivity index is 2.74. The summed E-state index contributed by atoms with van der Waals surface area (Å²) in [5, 5.41) is 3.38. The van der Waals surface area contributed by atoms with E-state index in [1.165, 1.54) is 0 Å². The van der Waals surface area contributed by atoms with Gasteiger partial charge in [0.05, 0.1) is 24.6 Å². The molecule has 0 aromatic heterocycles. The molecule has 0 saturated carbocycles. The summed E-state index contributed by atoms with van der Waals surface area (Å²) in [4.78, 5) is 10.7. The first-order valence-corrected chi connectivity index (χ1v) is 7.71. The lowest BCUT2D eigenvalue weighted by molar-refractivity contribution is -0.118. The van der Waals surface area contributed by atoms with Gasteiger partial charge in [0.2, 0.25) is 5.91 Å². The van der Waals surface area contributed by atoms with Crippen LogP contribution in [0.1, 0.15) is 25.8 Å². The number of halogens is 1. The van der Waals surface area contributed by atoms with Crippen LogP contribution in [-0.2, 0) is 11.3 Å². The van der Waals surface area contributed by atoms with Crippen LogP contribution in [0.2, 0.25) is 0 Å². The van der Waals surface area contributed by atoms with Crippen LogP contribution >= 0.6 is 15.9 Å². The van der Waals surface area contributed by atoms with Crippen LogP contribution in [0.15, 0.2) is 16.6 Å². The van der Waals surface area contributed by atoms with Crippen molar-refractivity contribution >= 4 is 21.8 Å². The molecule has 1 aromatic carbocycles. The van der Waals surface area contributed by atoms with E-state index < -0.39 is 0 Å². The second-order valence-electron chi connectivity index (χ2n) is 5.20. The highest BCUT2D eigenvalue weighted by Crippen LogP contribution is 2.36. The quantitative estimate of drug-likeness (QED) is 0.710. The summed E-state index contributed by atoms with van der Waals surface area (Å²) in [7, 11) is 1.59. The largest absolute Gasteiger partial charge is 0.493 e. The van der Waals surface area contributed by atoms with Crippen LogP contribution in [0.25, 0.3) is 0 Å². The molecule has 0 atom stereocenters. The number of carbonyl (C=O) groups is 1. The number of methoxy groups -OCH3 is 1. The van der Waals surface area contributed by atoms with E-state index >= 15 is 0 Å². The molecular formula is C15H23BrN2O3. The van der Waals surface area contributed by atoms with Gasteiger partial charge in [-0.05, 0) is 46.1 Å². The number of hydrogen-bond acceptors (Lipinski definition) is 4. The standard InChI is InChI=1S/C15H23BrN2O3/c1-10(2)8-18-9-11-6-12(16)15(13(7-11)20-3)21-5-4-14(17)19/h6-7,10,18H,4-5,8-9H2,1-3H3,(H2,17,19). The van der Waals surface area contributed by atoms with Crippen LogP contribution < -0.4 is 20.5 Å². The molecule has 0 heterocycles. The van der Waals surface area contributed by atoms with Crippen LogP contribution in [0.3, 0.4) is 0 Å². The average molecular weight is 359 g/mol. The van der Waals surface area contributed by atoms with Crippen molar-refractivity contribution in [1.82, 2.24) is 5.32 Å². The van der Waals surface area contributed by atoms with Crippen molar-refractivity contribution in [3.63, 3.8) is 0 Å². The van der Waals surface area contributed by atoms with E-state index in [-0.39, 0.29) is 18.9 Å². The molecule has 1 aromatic rings. The van der Waals surface area contributed by atoms with Gasteiger partial charge in [-0.1, -0.05) is 13.8 Å². The first kappa shape index (κ1) is 17.8. The van der Waals surface area contributed by atoms with Crippen LogP contribution in [0, 0.1) is 5.92 Å². The fourth-order valence-corrected chi connectivity index (χ4v) is 2.38. The Morgan fingerprint density at radius 3 is 2.71 bits per heavy atom. The molecule has 0 radical (unpaired) electrons. The van der Waals surface area contributed by atoms with E-state index in [0.717, 1.165) is 23.1 Å². The highest BCUT2D eigenvalue weighted by molar-refractivity contribution is 9.10. The monoisotopic (exact) mass is 358 g/mol. The summed E-state index contributed by atoms with van der Waals surface area (Å²) in [6.45, 7) is 6.28. The lowest BCUT2D eigenvalue weighted by atomic mass is 10.2. The molecule has 0 spiro atoms. The SMILES string of the molecule is COc1cc(CNCC(C)C)cc(Br)c1OCCC(N)=O. The molecule has 0 fully saturated rings. The summed E-state index contributed by atoms with van der Waals surface area (Å²) in [5.41, 5.74) is 6.20. The number of nitrogens with two attached hydrogens (primary N) is 1. The maximum absolute atomic E-state index is 10.7. The van der Waals surface area contributed by atoms with Crippen molar-refractivity contribution in [2.75, 3.05) is 20.3 Å².